The lowest BCUT2D eigenvalue weighted by Gasteiger charge is -2.04. The Hall–Kier alpha value is -1.79. The summed E-state index contributed by atoms with van der Waals surface area (Å²) in [5.74, 6) is 0. The molecule has 4 nitrogen and oxygen atoms in total. The zero-order valence-electron chi connectivity index (χ0n) is 13.3. The SMILES string of the molecule is C1CC1.FCC1NCc2cn[nH]c21.O=Pc1ccc(C(F)(F)F)cc1. The predicted octanol–water partition coefficient (Wildman–Crippen LogP) is 4.32. The van der Waals surface area contributed by atoms with Gasteiger partial charge in [0.15, 0.2) is 8.46 Å². The van der Waals surface area contributed by atoms with Crippen molar-refractivity contribution in [3.8, 4) is 0 Å². The zero-order valence-corrected chi connectivity index (χ0v) is 14.2. The van der Waals surface area contributed by atoms with E-state index in [1.54, 1.807) is 6.20 Å². The third-order valence-corrected chi connectivity index (χ3v) is 3.96. The molecule has 1 atom stereocenters. The van der Waals surface area contributed by atoms with Crippen LogP contribution in [0.15, 0.2) is 30.5 Å². The second kappa shape index (κ2) is 9.06. The number of nitrogens with zero attached hydrogens (tertiary/aromatic N) is 1. The van der Waals surface area contributed by atoms with Crippen molar-refractivity contribution in [1.29, 1.82) is 0 Å². The van der Waals surface area contributed by atoms with Crippen molar-refractivity contribution >= 4 is 13.8 Å². The van der Waals surface area contributed by atoms with Crippen LogP contribution in [0.5, 0.6) is 0 Å². The van der Waals surface area contributed by atoms with Gasteiger partial charge in [-0.3, -0.25) is 9.66 Å². The summed E-state index contributed by atoms with van der Waals surface area (Å²) in [6, 6.07) is 4.01. The average molecular weight is 375 g/mol. The van der Waals surface area contributed by atoms with E-state index in [4.69, 9.17) is 0 Å². The Kier molecular flexibility index (Phi) is 7.08. The highest BCUT2D eigenvalue weighted by atomic mass is 31.1. The van der Waals surface area contributed by atoms with Crippen LogP contribution < -0.4 is 10.6 Å². The maximum atomic E-state index is 12.1. The van der Waals surface area contributed by atoms with E-state index < -0.39 is 11.7 Å². The van der Waals surface area contributed by atoms with Crippen molar-refractivity contribution in [2.45, 2.75) is 38.0 Å². The molecule has 1 fully saturated rings. The van der Waals surface area contributed by atoms with Gasteiger partial charge in [0.1, 0.15) is 6.67 Å². The molecule has 1 aliphatic carbocycles. The van der Waals surface area contributed by atoms with Crippen LogP contribution >= 0.6 is 8.46 Å². The van der Waals surface area contributed by atoms with E-state index in [-0.39, 0.29) is 21.2 Å². The van der Waals surface area contributed by atoms with Crippen molar-refractivity contribution in [3.63, 3.8) is 0 Å². The van der Waals surface area contributed by atoms with E-state index in [1.165, 1.54) is 31.4 Å². The lowest BCUT2D eigenvalue weighted by Crippen LogP contribution is -2.14. The highest BCUT2D eigenvalue weighted by molar-refractivity contribution is 7.34. The van der Waals surface area contributed by atoms with Crippen LogP contribution in [0, 0.1) is 0 Å². The van der Waals surface area contributed by atoms with Gasteiger partial charge in [0.2, 0.25) is 0 Å². The van der Waals surface area contributed by atoms with E-state index in [0.717, 1.165) is 29.9 Å². The summed E-state index contributed by atoms with van der Waals surface area (Å²) in [6.07, 6.45) is 1.91. The lowest BCUT2D eigenvalue weighted by atomic mass is 10.2. The average Bonchev–Trinajstić information content (AvgIpc) is 3.32. The summed E-state index contributed by atoms with van der Waals surface area (Å²) in [5.41, 5.74) is 1.26. The van der Waals surface area contributed by atoms with Gasteiger partial charge in [0.25, 0.3) is 0 Å². The standard InChI is InChI=1S/C7H4F3OP.C6H8FN3.C3H6/c8-7(9,10)5-1-3-6(12-11)4-2-5;7-1-5-6-4(2-8-5)3-9-10-6;1-2-3-1/h1-4H;3,5,8H,1-2H2,(H,9,10);1-3H2. The van der Waals surface area contributed by atoms with Crippen LogP contribution in [0.1, 0.15) is 42.1 Å². The Morgan fingerprint density at radius 3 is 2.28 bits per heavy atom. The second-order valence-corrected chi connectivity index (χ2v) is 6.29. The molecule has 1 aromatic heterocycles. The summed E-state index contributed by atoms with van der Waals surface area (Å²) in [7, 11) is -0.268. The van der Waals surface area contributed by atoms with Gasteiger partial charge in [-0.05, 0) is 24.3 Å². The Morgan fingerprint density at radius 1 is 1.16 bits per heavy atom. The molecule has 1 aliphatic heterocycles. The molecule has 9 heteroatoms. The number of halogens is 4. The monoisotopic (exact) mass is 375 g/mol. The largest absolute Gasteiger partial charge is 0.416 e. The third-order valence-electron chi connectivity index (χ3n) is 3.45. The molecule has 2 N–H and O–H groups in total. The van der Waals surface area contributed by atoms with Crippen molar-refractivity contribution in [3.05, 3.63) is 47.3 Å². The van der Waals surface area contributed by atoms with Crippen LogP contribution in [-0.2, 0) is 17.3 Å². The molecule has 0 spiro atoms. The lowest BCUT2D eigenvalue weighted by molar-refractivity contribution is -0.137. The molecule has 25 heavy (non-hydrogen) atoms. The van der Waals surface area contributed by atoms with Crippen molar-refractivity contribution in [1.82, 2.24) is 15.5 Å². The summed E-state index contributed by atoms with van der Waals surface area (Å²) >= 11 is 0. The first-order chi connectivity index (χ1) is 12.0. The number of benzene rings is 1. The van der Waals surface area contributed by atoms with E-state index in [0.29, 0.717) is 5.30 Å². The molecule has 2 aromatic rings. The number of aromatic amines is 1. The van der Waals surface area contributed by atoms with E-state index in [2.05, 4.69) is 15.5 Å². The van der Waals surface area contributed by atoms with Gasteiger partial charge in [-0.25, -0.2) is 4.39 Å². The number of fused-ring (bicyclic) bond motifs is 1. The summed E-state index contributed by atoms with van der Waals surface area (Å²) < 4.78 is 58.2. The van der Waals surface area contributed by atoms with Gasteiger partial charge in [-0.1, -0.05) is 19.3 Å². The molecule has 0 saturated heterocycles. The van der Waals surface area contributed by atoms with Crippen molar-refractivity contribution in [2.75, 3.05) is 6.67 Å². The summed E-state index contributed by atoms with van der Waals surface area (Å²) in [5, 5.41) is 9.92. The third kappa shape index (κ3) is 6.21. The first kappa shape index (κ1) is 19.5. The van der Waals surface area contributed by atoms with Gasteiger partial charge in [0.05, 0.1) is 23.5 Å². The topological polar surface area (TPSA) is 57.8 Å². The molecule has 1 unspecified atom stereocenters. The van der Waals surface area contributed by atoms with Gasteiger partial charge in [-0.2, -0.15) is 18.3 Å². The number of hydrogen-bond acceptors (Lipinski definition) is 3. The molecular weight excluding hydrogens is 357 g/mol. The Labute approximate surface area is 144 Å². The number of aromatic nitrogens is 2. The maximum absolute atomic E-state index is 12.1. The van der Waals surface area contributed by atoms with Crippen molar-refractivity contribution < 1.29 is 22.1 Å². The van der Waals surface area contributed by atoms with E-state index in [1.807, 2.05) is 0 Å². The van der Waals surface area contributed by atoms with Gasteiger partial charge < -0.3 is 5.32 Å². The molecule has 0 radical (unpaired) electrons. The minimum absolute atomic E-state index is 0.155. The van der Waals surface area contributed by atoms with Gasteiger partial charge in [-0.15, -0.1) is 0 Å². The Bertz CT molecular complexity index is 668. The van der Waals surface area contributed by atoms with Crippen LogP contribution in [-0.4, -0.2) is 16.9 Å². The first-order valence-corrected chi connectivity index (χ1v) is 8.59. The summed E-state index contributed by atoms with van der Waals surface area (Å²) in [4.78, 5) is 0. The van der Waals surface area contributed by atoms with Crippen LogP contribution in [0.3, 0.4) is 0 Å². The minimum atomic E-state index is -4.32. The number of nitrogens with one attached hydrogen (secondary N) is 2. The quantitative estimate of drug-likeness (QED) is 0.607. The smallest absolute Gasteiger partial charge is 0.302 e. The molecular formula is C16H18F4N3OP. The van der Waals surface area contributed by atoms with Crippen LogP contribution in [0.4, 0.5) is 17.6 Å². The zero-order chi connectivity index (χ0) is 18.3. The first-order valence-electron chi connectivity index (χ1n) is 7.77. The molecule has 2 aliphatic rings. The highest BCUT2D eigenvalue weighted by Gasteiger charge is 2.29. The normalized spacial score (nSPS) is 17.8. The van der Waals surface area contributed by atoms with E-state index in [9.17, 15) is 22.1 Å². The number of hydrogen-bond donors (Lipinski definition) is 2. The fourth-order valence-electron chi connectivity index (χ4n) is 1.94. The van der Waals surface area contributed by atoms with Gasteiger partial charge in [0, 0.05) is 17.4 Å². The highest BCUT2D eigenvalue weighted by Crippen LogP contribution is 2.28. The molecule has 136 valence electrons. The van der Waals surface area contributed by atoms with Crippen LogP contribution in [0.2, 0.25) is 0 Å². The molecule has 0 bridgehead atoms. The number of alkyl halides is 4. The van der Waals surface area contributed by atoms with E-state index >= 15 is 0 Å². The fourth-order valence-corrected chi connectivity index (χ4v) is 2.21. The molecule has 1 saturated carbocycles. The van der Waals surface area contributed by atoms with Gasteiger partial charge >= 0.3 is 6.18 Å². The molecule has 4 rings (SSSR count). The summed E-state index contributed by atoms with van der Waals surface area (Å²) in [6.45, 7) is 0.371. The van der Waals surface area contributed by atoms with Crippen LogP contribution in [0.25, 0.3) is 0 Å². The minimum Gasteiger partial charge on any atom is -0.302 e. The number of rotatable bonds is 2. The predicted molar refractivity (Wildman–Crippen MR) is 86.7 cm³/mol. The molecule has 0 amide bonds. The maximum Gasteiger partial charge on any atom is 0.416 e. The molecule has 2 heterocycles. The number of H-pyrrole nitrogens is 1. The second-order valence-electron chi connectivity index (χ2n) is 5.59. The fraction of sp³-hybridized carbons (Fsp3) is 0.438. The molecule has 1 aromatic carbocycles. The Balaban J connectivity index is 0.000000155. The Morgan fingerprint density at radius 2 is 1.80 bits per heavy atom. The van der Waals surface area contributed by atoms with Crippen molar-refractivity contribution in [2.24, 2.45) is 0 Å².